The number of ether oxygens (including phenoxy) is 1. The highest BCUT2D eigenvalue weighted by Crippen LogP contribution is 2.39. The molecule has 4 aromatic carbocycles. The van der Waals surface area contributed by atoms with E-state index in [-0.39, 0.29) is 35.4 Å². The molecule has 3 aliphatic rings. The zero-order valence-corrected chi connectivity index (χ0v) is 29.0. The first-order valence-corrected chi connectivity index (χ1v) is 17.7. The predicted molar refractivity (Wildman–Crippen MR) is 196 cm³/mol. The molecule has 2 bridgehead atoms. The fraction of sp³-hybridized carbons (Fsp3) is 0.317. The molecular weight excluding hydrogens is 663 g/mol. The number of rotatable bonds is 12. The number of carboxylic acid groups (broad SMARTS) is 1. The van der Waals surface area contributed by atoms with E-state index in [4.69, 9.17) is 4.74 Å². The number of aromatic hydroxyl groups is 1. The quantitative estimate of drug-likeness (QED) is 0.0981. The Bertz CT molecular complexity index is 2130. The lowest BCUT2D eigenvalue weighted by Crippen LogP contribution is -2.59. The van der Waals surface area contributed by atoms with E-state index in [1.165, 1.54) is 29.2 Å². The lowest BCUT2D eigenvalue weighted by atomic mass is 9.81. The zero-order valence-electron chi connectivity index (χ0n) is 29.0. The highest BCUT2D eigenvalue weighted by atomic mass is 19.1. The summed E-state index contributed by atoms with van der Waals surface area (Å²) in [6.45, 7) is 4.95. The SMILES string of the molecule is C[C@@](O)(NCCc1cccc(COc2cccc(C(c3cccc(F)c3)N(C(=O)O)[C@H]3CN4CCC3CC4)c2)c1)c1ccc(O)c2[nH]c(=O)ccc12. The van der Waals surface area contributed by atoms with Crippen LogP contribution in [0.5, 0.6) is 11.5 Å². The summed E-state index contributed by atoms with van der Waals surface area (Å²) in [4.78, 5) is 31.3. The van der Waals surface area contributed by atoms with Gasteiger partial charge in [0.05, 0.1) is 17.6 Å². The average Bonchev–Trinajstić information content (AvgIpc) is 3.13. The molecule has 3 atom stereocenters. The van der Waals surface area contributed by atoms with E-state index in [1.807, 2.05) is 48.5 Å². The van der Waals surface area contributed by atoms with Gasteiger partial charge in [-0.2, -0.15) is 0 Å². The Hall–Kier alpha value is -5.23. The van der Waals surface area contributed by atoms with Gasteiger partial charge in [0.2, 0.25) is 5.56 Å². The van der Waals surface area contributed by atoms with Crippen molar-refractivity contribution in [3.63, 3.8) is 0 Å². The normalized spacial score (nSPS) is 19.9. The van der Waals surface area contributed by atoms with Gasteiger partial charge in [-0.15, -0.1) is 0 Å². The number of piperidine rings is 3. The van der Waals surface area contributed by atoms with E-state index in [0.717, 1.165) is 37.1 Å². The van der Waals surface area contributed by atoms with Crippen molar-refractivity contribution < 1.29 is 29.2 Å². The maximum absolute atomic E-state index is 14.6. The molecule has 11 heteroatoms. The second-order valence-corrected chi connectivity index (χ2v) is 14.0. The molecule has 1 unspecified atom stereocenters. The highest BCUT2D eigenvalue weighted by molar-refractivity contribution is 5.87. The second-order valence-electron chi connectivity index (χ2n) is 14.0. The molecule has 5 N–H and O–H groups in total. The number of benzene rings is 4. The Labute approximate surface area is 301 Å². The van der Waals surface area contributed by atoms with Gasteiger partial charge < -0.3 is 29.9 Å². The minimum absolute atomic E-state index is 0.0731. The first-order chi connectivity index (χ1) is 25.1. The molecule has 0 saturated carbocycles. The minimum Gasteiger partial charge on any atom is -0.506 e. The van der Waals surface area contributed by atoms with Crippen LogP contribution in [0.2, 0.25) is 0 Å². The van der Waals surface area contributed by atoms with Gasteiger partial charge in [0, 0.05) is 30.1 Å². The maximum atomic E-state index is 14.6. The van der Waals surface area contributed by atoms with Crippen molar-refractivity contribution in [3.05, 3.63) is 141 Å². The molecule has 0 radical (unpaired) electrons. The standard InChI is InChI=1S/C41H43FN4O6/c1-41(51,34-12-13-36(47)38-33(34)11-14-37(48)44-38)43-18-15-26-5-2-6-27(21-26)25-52-32-10-4-8-30(23-32)39(29-7-3-9-31(42)22-29)46(40(49)50)35-24-45-19-16-28(35)17-20-45/h2-14,21-23,28,35,39,43,47,51H,15-20,24-25H2,1H3,(H,44,48)(H,49,50)/t35-,39?,41-/m0/s1. The number of pyridine rings is 1. The smallest absolute Gasteiger partial charge is 0.408 e. The topological polar surface area (TPSA) is 138 Å². The largest absolute Gasteiger partial charge is 0.506 e. The van der Waals surface area contributed by atoms with Crippen molar-refractivity contribution in [1.29, 1.82) is 0 Å². The first-order valence-electron chi connectivity index (χ1n) is 17.7. The molecule has 3 fully saturated rings. The summed E-state index contributed by atoms with van der Waals surface area (Å²) in [5, 5.41) is 35.9. The van der Waals surface area contributed by atoms with Gasteiger partial charge >= 0.3 is 6.09 Å². The highest BCUT2D eigenvalue weighted by Gasteiger charge is 2.43. The second kappa shape index (κ2) is 14.8. The lowest BCUT2D eigenvalue weighted by Gasteiger charge is -2.50. The minimum atomic E-state index is -1.44. The molecule has 52 heavy (non-hydrogen) atoms. The Morgan fingerprint density at radius 2 is 1.73 bits per heavy atom. The van der Waals surface area contributed by atoms with Gasteiger partial charge in [-0.25, -0.2) is 9.18 Å². The molecule has 1 aromatic heterocycles. The van der Waals surface area contributed by atoms with Crippen molar-refractivity contribution in [2.45, 2.75) is 50.6 Å². The number of H-pyrrole nitrogens is 1. The van der Waals surface area contributed by atoms with Crippen LogP contribution in [0.1, 0.15) is 53.6 Å². The summed E-state index contributed by atoms with van der Waals surface area (Å²) < 4.78 is 20.8. The molecule has 3 saturated heterocycles. The Kier molecular flexibility index (Phi) is 10.0. The van der Waals surface area contributed by atoms with Gasteiger partial charge in [-0.05, 0) is 104 Å². The number of fused-ring (bicyclic) bond motifs is 4. The van der Waals surface area contributed by atoms with Gasteiger partial charge in [0.1, 0.15) is 29.6 Å². The van der Waals surface area contributed by atoms with E-state index >= 15 is 0 Å². The fourth-order valence-electron chi connectivity index (χ4n) is 7.91. The van der Waals surface area contributed by atoms with E-state index < -0.39 is 23.7 Å². The number of aliphatic hydroxyl groups is 1. The van der Waals surface area contributed by atoms with Crippen LogP contribution in [0.3, 0.4) is 0 Å². The van der Waals surface area contributed by atoms with Crippen LogP contribution >= 0.6 is 0 Å². The molecule has 3 aliphatic heterocycles. The van der Waals surface area contributed by atoms with Crippen molar-refractivity contribution in [3.8, 4) is 11.5 Å². The van der Waals surface area contributed by atoms with Crippen molar-refractivity contribution in [1.82, 2.24) is 20.1 Å². The lowest BCUT2D eigenvalue weighted by molar-refractivity contribution is -0.000853. The average molecular weight is 707 g/mol. The number of hydrogen-bond donors (Lipinski definition) is 5. The Balaban J connectivity index is 1.05. The fourth-order valence-corrected chi connectivity index (χ4v) is 7.91. The van der Waals surface area contributed by atoms with E-state index in [1.54, 1.807) is 31.2 Å². The molecule has 8 rings (SSSR count). The Morgan fingerprint density at radius 3 is 2.46 bits per heavy atom. The molecule has 0 aliphatic carbocycles. The van der Waals surface area contributed by atoms with Gasteiger partial charge in [-0.1, -0.05) is 54.6 Å². The van der Waals surface area contributed by atoms with Crippen molar-refractivity contribution in [2.75, 3.05) is 26.2 Å². The number of nitrogens with one attached hydrogen (secondary N) is 2. The summed E-state index contributed by atoms with van der Waals surface area (Å²) in [6, 6.07) is 26.7. The molecule has 5 aromatic rings. The number of nitrogens with zero attached hydrogens (tertiary/aromatic N) is 2. The monoisotopic (exact) mass is 706 g/mol. The van der Waals surface area contributed by atoms with E-state index in [0.29, 0.717) is 47.3 Å². The number of aromatic nitrogens is 1. The van der Waals surface area contributed by atoms with E-state index in [2.05, 4.69) is 15.2 Å². The van der Waals surface area contributed by atoms with Crippen LogP contribution in [0, 0.1) is 11.7 Å². The number of phenols is 1. The number of halogens is 1. The molecule has 10 nitrogen and oxygen atoms in total. The maximum Gasteiger partial charge on any atom is 0.408 e. The summed E-state index contributed by atoms with van der Waals surface area (Å²) in [5.74, 6) is 0.337. The summed E-state index contributed by atoms with van der Waals surface area (Å²) in [5.41, 5.74) is 2.25. The summed E-state index contributed by atoms with van der Waals surface area (Å²) in [6.07, 6.45) is 1.47. The van der Waals surface area contributed by atoms with Gasteiger partial charge in [0.25, 0.3) is 0 Å². The number of phenolic OH excluding ortho intramolecular Hbond substituents is 1. The van der Waals surface area contributed by atoms with E-state index in [9.17, 15) is 29.3 Å². The van der Waals surface area contributed by atoms with Crippen molar-refractivity contribution >= 4 is 17.0 Å². The molecule has 270 valence electrons. The third kappa shape index (κ3) is 7.52. The van der Waals surface area contributed by atoms with Crippen LogP contribution in [0.4, 0.5) is 9.18 Å². The van der Waals surface area contributed by atoms with Crippen LogP contribution in [0.15, 0.2) is 102 Å². The third-order valence-electron chi connectivity index (χ3n) is 10.5. The Morgan fingerprint density at radius 1 is 1.00 bits per heavy atom. The van der Waals surface area contributed by atoms with Crippen LogP contribution in [0.25, 0.3) is 10.9 Å². The molecule has 1 amide bonds. The number of carbonyl (C=O) groups is 1. The predicted octanol–water partition coefficient (Wildman–Crippen LogP) is 6.11. The number of amides is 1. The van der Waals surface area contributed by atoms with Crippen molar-refractivity contribution in [2.24, 2.45) is 5.92 Å². The number of hydrogen-bond acceptors (Lipinski definition) is 7. The third-order valence-corrected chi connectivity index (χ3v) is 10.5. The first kappa shape index (κ1) is 35.2. The summed E-state index contributed by atoms with van der Waals surface area (Å²) in [7, 11) is 0. The van der Waals surface area contributed by atoms with Crippen LogP contribution in [-0.4, -0.2) is 68.4 Å². The summed E-state index contributed by atoms with van der Waals surface area (Å²) >= 11 is 0. The molecule has 0 spiro atoms. The number of aromatic amines is 1. The molecular formula is C41H43FN4O6. The van der Waals surface area contributed by atoms with Gasteiger partial charge in [0.15, 0.2) is 0 Å². The van der Waals surface area contributed by atoms with Gasteiger partial charge in [-0.3, -0.25) is 15.0 Å². The zero-order chi connectivity index (χ0) is 36.4. The van der Waals surface area contributed by atoms with Crippen LogP contribution in [-0.2, 0) is 18.8 Å². The molecule has 4 heterocycles. The van der Waals surface area contributed by atoms with Crippen LogP contribution < -0.4 is 15.6 Å².